The number of aryl methyl sites for hydroxylation is 1. The number of nitriles is 1. The molecule has 1 fully saturated rings. The van der Waals surface area contributed by atoms with Gasteiger partial charge in [-0.2, -0.15) is 9.65 Å². The van der Waals surface area contributed by atoms with E-state index in [0.29, 0.717) is 29.1 Å². The second-order valence-corrected chi connectivity index (χ2v) is 11.4. The minimum atomic E-state index is -0.577. The molecule has 3 heterocycles. The third kappa shape index (κ3) is 5.18. The van der Waals surface area contributed by atoms with Gasteiger partial charge in [-0.3, -0.25) is 9.99 Å². The smallest absolute Gasteiger partial charge is 0.213 e. The van der Waals surface area contributed by atoms with Gasteiger partial charge in [0, 0.05) is 47.3 Å². The Morgan fingerprint density at radius 3 is 2.70 bits per heavy atom. The molecule has 1 saturated carbocycles. The van der Waals surface area contributed by atoms with Gasteiger partial charge in [0.1, 0.15) is 16.8 Å². The lowest BCUT2D eigenvalue weighted by atomic mass is 9.96. The van der Waals surface area contributed by atoms with Crippen molar-refractivity contribution in [2.24, 2.45) is 5.41 Å². The second kappa shape index (κ2) is 10.2. The maximum absolute atomic E-state index is 14.0. The van der Waals surface area contributed by atoms with Crippen molar-refractivity contribution in [3.8, 4) is 24.2 Å². The molecule has 1 aliphatic carbocycles. The summed E-state index contributed by atoms with van der Waals surface area (Å²) in [6, 6.07) is 8.83. The minimum Gasteiger partial charge on any atom is -0.494 e. The molecule has 9 nitrogen and oxygen atoms in total. The lowest BCUT2D eigenvalue weighted by Crippen LogP contribution is -2.44. The van der Waals surface area contributed by atoms with E-state index in [9.17, 15) is 9.65 Å². The molecule has 0 radical (unpaired) electrons. The molecule has 1 aliphatic heterocycles. The number of ether oxygens (including phenoxy) is 1. The summed E-state index contributed by atoms with van der Waals surface area (Å²) in [5, 5.41) is 19.4. The zero-order valence-corrected chi connectivity index (χ0v) is 23.3. The van der Waals surface area contributed by atoms with Crippen LogP contribution in [0.3, 0.4) is 0 Å². The van der Waals surface area contributed by atoms with Crippen molar-refractivity contribution in [1.82, 2.24) is 25.9 Å². The first-order chi connectivity index (χ1) is 19.1. The number of rotatable bonds is 8. The van der Waals surface area contributed by atoms with Crippen LogP contribution in [0.1, 0.15) is 56.5 Å². The summed E-state index contributed by atoms with van der Waals surface area (Å²) in [6.45, 7) is 8.91. The van der Waals surface area contributed by atoms with Crippen LogP contribution < -0.4 is 26.3 Å². The van der Waals surface area contributed by atoms with Gasteiger partial charge in [0.25, 0.3) is 0 Å². The van der Waals surface area contributed by atoms with Gasteiger partial charge in [0.2, 0.25) is 5.95 Å². The van der Waals surface area contributed by atoms with Crippen LogP contribution >= 0.6 is 0 Å². The van der Waals surface area contributed by atoms with Gasteiger partial charge in [-0.15, -0.1) is 12.0 Å². The zero-order chi connectivity index (χ0) is 28.7. The number of nitrogens with zero attached hydrogens (tertiary/aromatic N) is 4. The van der Waals surface area contributed by atoms with Crippen LogP contribution in [0.2, 0.25) is 0 Å². The Kier molecular flexibility index (Phi) is 6.91. The van der Waals surface area contributed by atoms with E-state index >= 15 is 0 Å². The molecule has 0 bridgehead atoms. The summed E-state index contributed by atoms with van der Waals surface area (Å²) in [6.07, 6.45) is 11.0. The Morgan fingerprint density at radius 1 is 1.30 bits per heavy atom. The Bertz CT molecular complexity index is 1580. The van der Waals surface area contributed by atoms with E-state index in [-0.39, 0.29) is 5.41 Å². The highest BCUT2D eigenvalue weighted by Gasteiger charge is 2.50. The van der Waals surface area contributed by atoms with E-state index in [0.717, 1.165) is 40.9 Å². The Labute approximate surface area is 233 Å². The van der Waals surface area contributed by atoms with Crippen molar-refractivity contribution in [3.63, 3.8) is 0 Å². The van der Waals surface area contributed by atoms with Gasteiger partial charge in [-0.05, 0) is 37.3 Å². The molecule has 4 N–H and O–H groups in total. The average molecular weight is 541 g/mol. The number of pyridine rings is 2. The number of halogens is 1. The minimum absolute atomic E-state index is 0.0153. The molecule has 1 atom stereocenters. The number of terminal acetylenes is 1. The fourth-order valence-corrected chi connectivity index (χ4v) is 4.73. The fraction of sp³-hybridized carbons (Fsp3) is 0.367. The summed E-state index contributed by atoms with van der Waals surface area (Å²) in [5.74, 6) is 2.77. The zero-order valence-electron chi connectivity index (χ0n) is 23.3. The van der Waals surface area contributed by atoms with Crippen LogP contribution in [0.4, 0.5) is 15.8 Å². The van der Waals surface area contributed by atoms with Crippen molar-refractivity contribution in [2.45, 2.75) is 52.1 Å². The number of methoxy groups -OCH3 is 1. The van der Waals surface area contributed by atoms with Gasteiger partial charge in [0.05, 0.1) is 36.2 Å². The third-order valence-electron chi connectivity index (χ3n) is 7.11. The van der Waals surface area contributed by atoms with Crippen molar-refractivity contribution >= 4 is 22.3 Å². The van der Waals surface area contributed by atoms with E-state index in [1.807, 2.05) is 18.3 Å². The number of benzene rings is 1. The van der Waals surface area contributed by atoms with E-state index in [1.165, 1.54) is 6.07 Å². The molecule has 40 heavy (non-hydrogen) atoms. The van der Waals surface area contributed by atoms with Gasteiger partial charge in [-0.1, -0.05) is 32.8 Å². The quantitative estimate of drug-likeness (QED) is 0.234. The standard InChI is InChI=1S/C30H33FN8O/c1-7-19-14-33-28-22(26(19)34-17-29(3,4)5)12-20(13-24(28)40-6)36-27(21-8-9-25(31)35-18(21)2)23-15-39(38-37-23)30(16-32)10-11-30/h1,8-9,12-15,27,36-38H,10-11,17H2,2-6H3,(H,33,34)/t27-/m0/s1. The van der Waals surface area contributed by atoms with Crippen LogP contribution in [0, 0.1) is 42.0 Å². The van der Waals surface area contributed by atoms with Crippen LogP contribution in [0.15, 0.2) is 42.4 Å². The number of hydrazine groups is 2. The molecule has 3 aromatic rings. The topological polar surface area (TPSA) is 110 Å². The number of fused-ring (bicyclic) bond motifs is 1. The van der Waals surface area contributed by atoms with Crippen molar-refractivity contribution < 1.29 is 9.13 Å². The Balaban J connectivity index is 1.61. The summed E-state index contributed by atoms with van der Waals surface area (Å²) in [7, 11) is 1.60. The highest BCUT2D eigenvalue weighted by atomic mass is 19.1. The first-order valence-corrected chi connectivity index (χ1v) is 13.1. The molecule has 2 aliphatic rings. The monoisotopic (exact) mass is 540 g/mol. The summed E-state index contributed by atoms with van der Waals surface area (Å²) >= 11 is 0. The van der Waals surface area contributed by atoms with Crippen molar-refractivity contribution in [1.29, 1.82) is 5.26 Å². The SMILES string of the molecule is C#Cc1cnc2c(OC)cc(N[C@H](C3=CN(C4(C#N)CC4)NN3)c3ccc(F)nc3C)cc2c1NCC(C)(C)C. The Hall–Kier alpha value is -4.54. The van der Waals surface area contributed by atoms with Crippen LogP contribution in [-0.4, -0.2) is 34.2 Å². The van der Waals surface area contributed by atoms with Crippen molar-refractivity contribution in [2.75, 3.05) is 24.3 Å². The predicted octanol–water partition coefficient (Wildman–Crippen LogP) is 4.90. The molecule has 2 aromatic heterocycles. The maximum atomic E-state index is 14.0. The van der Waals surface area contributed by atoms with Crippen LogP contribution in [0.25, 0.3) is 10.9 Å². The molecule has 0 spiro atoms. The molecule has 0 saturated heterocycles. The molecule has 1 aromatic carbocycles. The van der Waals surface area contributed by atoms with E-state index in [4.69, 9.17) is 11.2 Å². The van der Waals surface area contributed by atoms with Gasteiger partial charge >= 0.3 is 0 Å². The maximum Gasteiger partial charge on any atom is 0.213 e. The summed E-state index contributed by atoms with van der Waals surface area (Å²) < 4.78 is 19.7. The average Bonchev–Trinajstić information content (AvgIpc) is 3.57. The molecule has 5 rings (SSSR count). The molecular formula is C30H33FN8O. The van der Waals surface area contributed by atoms with Gasteiger partial charge in [0.15, 0.2) is 0 Å². The summed E-state index contributed by atoms with van der Waals surface area (Å²) in [5.41, 5.74) is 10.7. The molecule has 206 valence electrons. The van der Waals surface area contributed by atoms with Crippen LogP contribution in [0.5, 0.6) is 5.75 Å². The van der Waals surface area contributed by atoms with E-state index < -0.39 is 17.5 Å². The molecule has 0 unspecified atom stereocenters. The second-order valence-electron chi connectivity index (χ2n) is 11.4. The van der Waals surface area contributed by atoms with Gasteiger partial charge in [-0.25, -0.2) is 4.98 Å². The summed E-state index contributed by atoms with van der Waals surface area (Å²) in [4.78, 5) is 8.66. The predicted molar refractivity (Wildman–Crippen MR) is 153 cm³/mol. The lowest BCUT2D eigenvalue weighted by molar-refractivity contribution is 0.217. The molecule has 0 amide bonds. The lowest BCUT2D eigenvalue weighted by Gasteiger charge is -2.24. The normalized spacial score (nSPS) is 16.4. The van der Waals surface area contributed by atoms with Gasteiger partial charge < -0.3 is 20.8 Å². The number of hydrogen-bond acceptors (Lipinski definition) is 9. The van der Waals surface area contributed by atoms with Crippen molar-refractivity contribution in [3.05, 3.63) is 65.1 Å². The first kappa shape index (κ1) is 27.0. The number of nitrogens with one attached hydrogen (secondary N) is 4. The Morgan fingerprint density at radius 2 is 2.08 bits per heavy atom. The fourth-order valence-electron chi connectivity index (χ4n) is 4.73. The molecule has 10 heteroatoms. The largest absolute Gasteiger partial charge is 0.494 e. The number of aromatic nitrogens is 2. The highest BCUT2D eigenvalue weighted by molar-refractivity contribution is 5.99. The van der Waals surface area contributed by atoms with Crippen LogP contribution in [-0.2, 0) is 0 Å². The third-order valence-corrected chi connectivity index (χ3v) is 7.11. The number of anilines is 2. The highest BCUT2D eigenvalue weighted by Crippen LogP contribution is 2.42. The number of hydrogen-bond donors (Lipinski definition) is 4. The first-order valence-electron chi connectivity index (χ1n) is 13.1. The van der Waals surface area contributed by atoms with E-state index in [1.54, 1.807) is 31.3 Å². The van der Waals surface area contributed by atoms with E-state index in [2.05, 4.69) is 64.3 Å². The molecular weight excluding hydrogens is 507 g/mol.